The van der Waals surface area contributed by atoms with Gasteiger partial charge in [0.05, 0.1) is 13.5 Å². The molecule has 0 aliphatic carbocycles. The van der Waals surface area contributed by atoms with Crippen LogP contribution in [0.15, 0.2) is 12.1 Å². The van der Waals surface area contributed by atoms with E-state index in [1.807, 2.05) is 0 Å². The third-order valence-corrected chi connectivity index (χ3v) is 3.33. The van der Waals surface area contributed by atoms with Crippen LogP contribution < -0.4 is 0 Å². The van der Waals surface area contributed by atoms with Crippen molar-refractivity contribution in [3.63, 3.8) is 0 Å². The summed E-state index contributed by atoms with van der Waals surface area (Å²) in [5.41, 5.74) is 4.96. The Bertz CT molecular complexity index is 452. The molecule has 0 aliphatic rings. The summed E-state index contributed by atoms with van der Waals surface area (Å²) >= 11 is 0. The highest BCUT2D eigenvalue weighted by Gasteiger charge is 2.09. The summed E-state index contributed by atoms with van der Waals surface area (Å²) in [6.07, 6.45) is 1.69. The van der Waals surface area contributed by atoms with Gasteiger partial charge in [-0.1, -0.05) is 17.7 Å². The zero-order valence-electron chi connectivity index (χ0n) is 12.2. The zero-order chi connectivity index (χ0) is 14.4. The van der Waals surface area contributed by atoms with Crippen LogP contribution in [-0.4, -0.2) is 18.9 Å². The molecule has 0 aliphatic heterocycles. The molecule has 0 saturated heterocycles. The number of hydrogen-bond acceptors (Lipinski definition) is 3. The molecule has 104 valence electrons. The molecule has 0 N–H and O–H groups in total. The van der Waals surface area contributed by atoms with Gasteiger partial charge in [-0.3, -0.25) is 9.59 Å². The molecule has 0 spiro atoms. The second-order valence-corrected chi connectivity index (χ2v) is 4.99. The number of Topliss-reactive ketones (excluding diaryl/α,β-unsaturated/α-hetero) is 1. The second kappa shape index (κ2) is 7.07. The van der Waals surface area contributed by atoms with Crippen molar-refractivity contribution in [3.8, 4) is 0 Å². The van der Waals surface area contributed by atoms with Gasteiger partial charge in [0.15, 0.2) is 0 Å². The van der Waals surface area contributed by atoms with E-state index in [-0.39, 0.29) is 24.6 Å². The highest BCUT2D eigenvalue weighted by molar-refractivity contribution is 5.83. The van der Waals surface area contributed by atoms with Gasteiger partial charge in [0, 0.05) is 12.8 Å². The molecule has 0 heterocycles. The van der Waals surface area contributed by atoms with Gasteiger partial charge >= 0.3 is 5.97 Å². The summed E-state index contributed by atoms with van der Waals surface area (Å²) in [6.45, 7) is 6.23. The summed E-state index contributed by atoms with van der Waals surface area (Å²) < 4.78 is 4.52. The van der Waals surface area contributed by atoms with E-state index < -0.39 is 0 Å². The van der Waals surface area contributed by atoms with Crippen LogP contribution in [0.4, 0.5) is 0 Å². The van der Waals surface area contributed by atoms with Crippen molar-refractivity contribution in [1.82, 2.24) is 0 Å². The Morgan fingerprint density at radius 3 is 2.11 bits per heavy atom. The van der Waals surface area contributed by atoms with Crippen molar-refractivity contribution in [3.05, 3.63) is 34.4 Å². The quantitative estimate of drug-likeness (QED) is 0.740. The Morgan fingerprint density at radius 2 is 1.58 bits per heavy atom. The number of carbonyl (C=O) groups excluding carboxylic acids is 2. The first-order valence-corrected chi connectivity index (χ1v) is 6.59. The fourth-order valence-electron chi connectivity index (χ4n) is 2.34. The van der Waals surface area contributed by atoms with E-state index in [1.54, 1.807) is 0 Å². The van der Waals surface area contributed by atoms with E-state index in [1.165, 1.54) is 29.4 Å². The summed E-state index contributed by atoms with van der Waals surface area (Å²) in [5, 5.41) is 0. The van der Waals surface area contributed by atoms with E-state index >= 15 is 0 Å². The Morgan fingerprint density at radius 1 is 1.00 bits per heavy atom. The Kier molecular flexibility index (Phi) is 5.74. The van der Waals surface area contributed by atoms with Gasteiger partial charge in [-0.05, 0) is 43.9 Å². The summed E-state index contributed by atoms with van der Waals surface area (Å²) in [5.74, 6) is -0.208. The molecule has 0 amide bonds. The van der Waals surface area contributed by atoms with Crippen LogP contribution in [0.3, 0.4) is 0 Å². The summed E-state index contributed by atoms with van der Waals surface area (Å²) in [7, 11) is 1.34. The van der Waals surface area contributed by atoms with E-state index in [4.69, 9.17) is 0 Å². The first kappa shape index (κ1) is 15.4. The van der Waals surface area contributed by atoms with Crippen LogP contribution in [-0.2, 0) is 20.7 Å². The average Bonchev–Trinajstić information content (AvgIpc) is 2.34. The number of aryl methyl sites for hydroxylation is 3. The Hall–Kier alpha value is -1.64. The number of ether oxygens (including phenoxy) is 1. The van der Waals surface area contributed by atoms with Gasteiger partial charge in [-0.2, -0.15) is 0 Å². The fourth-order valence-corrected chi connectivity index (χ4v) is 2.34. The molecule has 1 rings (SSSR count). The molecule has 0 atom stereocenters. The molecule has 3 nitrogen and oxygen atoms in total. The van der Waals surface area contributed by atoms with Gasteiger partial charge in [0.1, 0.15) is 5.78 Å². The standard InChI is InChI=1S/C16H22O3/c1-11-9-12(2)15(13(3)10-11)7-5-14(17)6-8-16(18)19-4/h9-10H,5-8H2,1-4H3. The van der Waals surface area contributed by atoms with Crippen LogP contribution >= 0.6 is 0 Å². The molecule has 0 radical (unpaired) electrons. The van der Waals surface area contributed by atoms with Crippen molar-refractivity contribution in [1.29, 1.82) is 0 Å². The first-order valence-electron chi connectivity index (χ1n) is 6.59. The Labute approximate surface area is 115 Å². The monoisotopic (exact) mass is 262 g/mol. The lowest BCUT2D eigenvalue weighted by molar-refractivity contribution is -0.141. The van der Waals surface area contributed by atoms with Gasteiger partial charge in [-0.25, -0.2) is 0 Å². The molecule has 0 unspecified atom stereocenters. The van der Waals surface area contributed by atoms with E-state index in [9.17, 15) is 9.59 Å². The van der Waals surface area contributed by atoms with E-state index in [2.05, 4.69) is 37.6 Å². The van der Waals surface area contributed by atoms with Crippen LogP contribution in [0.1, 0.15) is 41.5 Å². The second-order valence-electron chi connectivity index (χ2n) is 4.99. The van der Waals surface area contributed by atoms with Crippen molar-refractivity contribution < 1.29 is 14.3 Å². The highest BCUT2D eigenvalue weighted by atomic mass is 16.5. The molecule has 1 aromatic carbocycles. The van der Waals surface area contributed by atoms with Crippen molar-refractivity contribution in [2.45, 2.75) is 46.5 Å². The number of esters is 1. The third kappa shape index (κ3) is 4.86. The maximum absolute atomic E-state index is 11.7. The summed E-state index contributed by atoms with van der Waals surface area (Å²) in [6, 6.07) is 4.28. The normalized spacial score (nSPS) is 10.3. The van der Waals surface area contributed by atoms with Crippen molar-refractivity contribution in [2.24, 2.45) is 0 Å². The number of benzene rings is 1. The maximum atomic E-state index is 11.7. The minimum atomic E-state index is -0.323. The zero-order valence-corrected chi connectivity index (χ0v) is 12.2. The van der Waals surface area contributed by atoms with Crippen LogP contribution in [0, 0.1) is 20.8 Å². The topological polar surface area (TPSA) is 43.4 Å². The van der Waals surface area contributed by atoms with Crippen molar-refractivity contribution >= 4 is 11.8 Å². The molecule has 1 aromatic rings. The van der Waals surface area contributed by atoms with E-state index in [0.717, 1.165) is 6.42 Å². The predicted molar refractivity (Wildman–Crippen MR) is 75.2 cm³/mol. The molecular weight excluding hydrogens is 240 g/mol. The summed E-state index contributed by atoms with van der Waals surface area (Å²) in [4.78, 5) is 22.7. The Balaban J connectivity index is 2.53. The van der Waals surface area contributed by atoms with Crippen LogP contribution in [0.2, 0.25) is 0 Å². The molecule has 3 heteroatoms. The number of carbonyl (C=O) groups is 2. The minimum Gasteiger partial charge on any atom is -0.469 e. The molecular formula is C16H22O3. The van der Waals surface area contributed by atoms with Crippen LogP contribution in [0.5, 0.6) is 0 Å². The fraction of sp³-hybridized carbons (Fsp3) is 0.500. The molecule has 0 bridgehead atoms. The number of methoxy groups -OCH3 is 1. The van der Waals surface area contributed by atoms with E-state index in [0.29, 0.717) is 6.42 Å². The lowest BCUT2D eigenvalue weighted by atomic mass is 9.95. The number of rotatable bonds is 6. The highest BCUT2D eigenvalue weighted by Crippen LogP contribution is 2.18. The smallest absolute Gasteiger partial charge is 0.305 e. The maximum Gasteiger partial charge on any atom is 0.305 e. The average molecular weight is 262 g/mol. The van der Waals surface area contributed by atoms with Gasteiger partial charge in [0.2, 0.25) is 0 Å². The molecule has 0 fully saturated rings. The van der Waals surface area contributed by atoms with Crippen LogP contribution in [0.25, 0.3) is 0 Å². The minimum absolute atomic E-state index is 0.116. The molecule has 0 saturated carbocycles. The third-order valence-electron chi connectivity index (χ3n) is 3.33. The lowest BCUT2D eigenvalue weighted by Gasteiger charge is -2.10. The van der Waals surface area contributed by atoms with Gasteiger partial charge in [-0.15, -0.1) is 0 Å². The first-order chi connectivity index (χ1) is 8.93. The largest absolute Gasteiger partial charge is 0.469 e. The molecule has 0 aromatic heterocycles. The SMILES string of the molecule is COC(=O)CCC(=O)CCc1c(C)cc(C)cc1C. The predicted octanol–water partition coefficient (Wildman–Crippen LogP) is 3.07. The van der Waals surface area contributed by atoms with Crippen molar-refractivity contribution in [2.75, 3.05) is 7.11 Å². The number of hydrogen-bond donors (Lipinski definition) is 0. The van der Waals surface area contributed by atoms with Gasteiger partial charge in [0.25, 0.3) is 0 Å². The van der Waals surface area contributed by atoms with Gasteiger partial charge < -0.3 is 4.74 Å². The lowest BCUT2D eigenvalue weighted by Crippen LogP contribution is -2.07. The molecule has 19 heavy (non-hydrogen) atoms. The number of ketones is 1.